The molecule has 0 saturated heterocycles. The molecule has 2 aliphatic carbocycles. The Morgan fingerprint density at radius 3 is 2.76 bits per heavy atom. The molecular weight excluding hydrogens is 380 g/mol. The Bertz CT molecular complexity index is 1090. The van der Waals surface area contributed by atoms with E-state index in [1.807, 2.05) is 12.1 Å². The van der Waals surface area contributed by atoms with Gasteiger partial charge in [-0.2, -0.15) is 0 Å². The molecule has 1 saturated carbocycles. The van der Waals surface area contributed by atoms with Gasteiger partial charge in [-0.1, -0.05) is 37.3 Å². The summed E-state index contributed by atoms with van der Waals surface area (Å²) in [6.07, 6.45) is 10.1. The van der Waals surface area contributed by atoms with Crippen molar-refractivity contribution in [1.82, 2.24) is 9.97 Å². The van der Waals surface area contributed by atoms with Crippen molar-refractivity contribution in [2.45, 2.75) is 58.0 Å². The molecule has 2 aromatic carbocycles. The number of halogens is 1. The normalized spacial score (nSPS) is 17.3. The Balaban J connectivity index is 1.34. The average Bonchev–Trinajstić information content (AvgIpc) is 3.40. The van der Waals surface area contributed by atoms with Gasteiger partial charge < -0.3 is 9.72 Å². The Hall–Kier alpha value is -2.26. The number of hydrogen-bond acceptors (Lipinski definition) is 2. The second-order valence-corrected chi connectivity index (χ2v) is 9.23. The second kappa shape index (κ2) is 6.91. The van der Waals surface area contributed by atoms with Crippen LogP contribution in [-0.4, -0.2) is 9.97 Å². The number of rotatable bonds is 3. The molecule has 1 aromatic heterocycles. The molecule has 6 rings (SSSR count). The van der Waals surface area contributed by atoms with Crippen LogP contribution < -0.4 is 4.74 Å². The summed E-state index contributed by atoms with van der Waals surface area (Å²) in [5.74, 6) is 2.96. The van der Waals surface area contributed by atoms with E-state index in [4.69, 9.17) is 21.3 Å². The molecule has 3 aromatic rings. The van der Waals surface area contributed by atoms with Gasteiger partial charge in [0.25, 0.3) is 0 Å². The van der Waals surface area contributed by atoms with Crippen LogP contribution in [0.15, 0.2) is 30.3 Å². The van der Waals surface area contributed by atoms with E-state index < -0.39 is 0 Å². The maximum absolute atomic E-state index is 6.15. The second-order valence-electron chi connectivity index (χ2n) is 8.80. The van der Waals surface area contributed by atoms with Crippen molar-refractivity contribution in [1.29, 1.82) is 0 Å². The van der Waals surface area contributed by atoms with E-state index >= 15 is 0 Å². The van der Waals surface area contributed by atoms with E-state index in [1.165, 1.54) is 65.9 Å². The molecule has 1 N–H and O–H groups in total. The maximum Gasteiger partial charge on any atom is 0.129 e. The van der Waals surface area contributed by atoms with Crippen molar-refractivity contribution in [3.8, 4) is 28.1 Å². The van der Waals surface area contributed by atoms with Crippen LogP contribution in [0.4, 0.5) is 0 Å². The molecule has 3 aliphatic rings. The first kappa shape index (κ1) is 17.6. The van der Waals surface area contributed by atoms with Gasteiger partial charge in [-0.05, 0) is 72.2 Å². The zero-order chi connectivity index (χ0) is 19.4. The molecule has 148 valence electrons. The molecule has 0 amide bonds. The van der Waals surface area contributed by atoms with Gasteiger partial charge in [-0.3, -0.25) is 0 Å². The standard InChI is InChI=1S/C25H25ClN2O/c26-18-7-8-19-20-11-16-6-9-22-25(21(16)12-17(20)14-29-23(19)13-18)28-24(27-22)10-5-15-3-1-2-4-15/h7-8,11-13,15H,1-6,9-10,14H2,(H,27,28). The summed E-state index contributed by atoms with van der Waals surface area (Å²) in [6.45, 7) is 0.588. The summed E-state index contributed by atoms with van der Waals surface area (Å²) >= 11 is 6.15. The molecular formula is C25H25ClN2O. The lowest BCUT2D eigenvalue weighted by Crippen LogP contribution is -2.10. The fraction of sp³-hybridized carbons (Fsp3) is 0.400. The van der Waals surface area contributed by atoms with Crippen LogP contribution in [0.5, 0.6) is 5.75 Å². The number of benzene rings is 2. The number of ether oxygens (including phenoxy) is 1. The van der Waals surface area contributed by atoms with Gasteiger partial charge in [0.2, 0.25) is 0 Å². The molecule has 29 heavy (non-hydrogen) atoms. The van der Waals surface area contributed by atoms with Crippen molar-refractivity contribution in [3.63, 3.8) is 0 Å². The first-order valence-corrected chi connectivity index (χ1v) is 11.3. The van der Waals surface area contributed by atoms with Crippen LogP contribution in [-0.2, 0) is 25.9 Å². The van der Waals surface area contributed by atoms with Crippen molar-refractivity contribution in [3.05, 3.63) is 58.0 Å². The van der Waals surface area contributed by atoms with E-state index in [0.29, 0.717) is 6.61 Å². The van der Waals surface area contributed by atoms with Gasteiger partial charge in [-0.15, -0.1) is 0 Å². The quantitative estimate of drug-likeness (QED) is 0.540. The number of fused-ring (bicyclic) bond motifs is 6. The zero-order valence-electron chi connectivity index (χ0n) is 16.6. The highest BCUT2D eigenvalue weighted by molar-refractivity contribution is 6.30. The fourth-order valence-corrected chi connectivity index (χ4v) is 5.53. The summed E-state index contributed by atoms with van der Waals surface area (Å²) < 4.78 is 6.00. The largest absolute Gasteiger partial charge is 0.488 e. The van der Waals surface area contributed by atoms with E-state index in [9.17, 15) is 0 Å². The summed E-state index contributed by atoms with van der Waals surface area (Å²) in [4.78, 5) is 8.69. The molecule has 0 bridgehead atoms. The minimum absolute atomic E-state index is 0.588. The third-order valence-corrected chi connectivity index (χ3v) is 7.17. The SMILES string of the molecule is Clc1ccc2c(c1)OCc1cc3c(cc1-2)CCc1[nH]c(CCC2CCCC2)nc1-3. The predicted molar refractivity (Wildman–Crippen MR) is 116 cm³/mol. The topological polar surface area (TPSA) is 37.9 Å². The zero-order valence-corrected chi connectivity index (χ0v) is 17.3. The lowest BCUT2D eigenvalue weighted by molar-refractivity contribution is 0.302. The number of aryl methyl sites for hydroxylation is 3. The van der Waals surface area contributed by atoms with Crippen molar-refractivity contribution in [2.24, 2.45) is 5.92 Å². The van der Waals surface area contributed by atoms with E-state index in [0.717, 1.165) is 47.2 Å². The van der Waals surface area contributed by atoms with Crippen LogP contribution in [0.1, 0.15) is 54.7 Å². The van der Waals surface area contributed by atoms with E-state index in [2.05, 4.69) is 23.2 Å². The Morgan fingerprint density at radius 1 is 1.00 bits per heavy atom. The maximum atomic E-state index is 6.15. The predicted octanol–water partition coefficient (Wildman–Crippen LogP) is 6.51. The van der Waals surface area contributed by atoms with Crippen LogP contribution in [0.25, 0.3) is 22.4 Å². The summed E-state index contributed by atoms with van der Waals surface area (Å²) in [6, 6.07) is 10.6. The van der Waals surface area contributed by atoms with Crippen molar-refractivity contribution in [2.75, 3.05) is 0 Å². The summed E-state index contributed by atoms with van der Waals surface area (Å²) in [5, 5.41) is 0.719. The smallest absolute Gasteiger partial charge is 0.129 e. The summed E-state index contributed by atoms with van der Waals surface area (Å²) in [5.41, 5.74) is 8.81. The molecule has 1 aliphatic heterocycles. The molecule has 4 heteroatoms. The van der Waals surface area contributed by atoms with Crippen molar-refractivity contribution >= 4 is 11.6 Å². The van der Waals surface area contributed by atoms with Crippen molar-refractivity contribution < 1.29 is 4.74 Å². The number of nitrogens with zero attached hydrogens (tertiary/aromatic N) is 1. The van der Waals surface area contributed by atoms with Gasteiger partial charge in [-0.25, -0.2) is 4.98 Å². The van der Waals surface area contributed by atoms with E-state index in [1.54, 1.807) is 0 Å². The lowest BCUT2D eigenvalue weighted by Gasteiger charge is -2.24. The first-order valence-electron chi connectivity index (χ1n) is 10.9. The van der Waals surface area contributed by atoms with Gasteiger partial charge in [0.05, 0.1) is 5.69 Å². The first-order chi connectivity index (χ1) is 14.2. The highest BCUT2D eigenvalue weighted by Crippen LogP contribution is 2.43. The molecule has 0 spiro atoms. The Morgan fingerprint density at radius 2 is 1.86 bits per heavy atom. The molecule has 3 nitrogen and oxygen atoms in total. The number of hydrogen-bond donors (Lipinski definition) is 1. The minimum Gasteiger partial charge on any atom is -0.488 e. The van der Waals surface area contributed by atoms with Crippen LogP contribution >= 0.6 is 11.6 Å². The van der Waals surface area contributed by atoms with Gasteiger partial charge >= 0.3 is 0 Å². The molecule has 0 unspecified atom stereocenters. The molecule has 0 radical (unpaired) electrons. The van der Waals surface area contributed by atoms with Crippen LogP contribution in [0.2, 0.25) is 5.02 Å². The Kier molecular flexibility index (Phi) is 4.19. The monoisotopic (exact) mass is 404 g/mol. The Labute approximate surface area is 176 Å². The summed E-state index contributed by atoms with van der Waals surface area (Å²) in [7, 11) is 0. The fourth-order valence-electron chi connectivity index (χ4n) is 5.37. The number of aromatic amines is 1. The number of imidazole rings is 1. The molecule has 1 fully saturated rings. The third-order valence-electron chi connectivity index (χ3n) is 6.94. The average molecular weight is 405 g/mol. The number of H-pyrrole nitrogens is 1. The lowest BCUT2D eigenvalue weighted by atomic mass is 9.86. The molecule has 2 heterocycles. The van der Waals surface area contributed by atoms with Gasteiger partial charge in [0.15, 0.2) is 0 Å². The molecule has 0 atom stereocenters. The minimum atomic E-state index is 0.588. The van der Waals surface area contributed by atoms with Crippen LogP contribution in [0.3, 0.4) is 0 Å². The third kappa shape index (κ3) is 3.07. The van der Waals surface area contributed by atoms with Crippen LogP contribution in [0, 0.1) is 5.92 Å². The van der Waals surface area contributed by atoms with Gasteiger partial charge in [0.1, 0.15) is 18.2 Å². The number of aromatic nitrogens is 2. The number of nitrogens with one attached hydrogen (secondary N) is 1. The highest BCUT2D eigenvalue weighted by atomic mass is 35.5. The highest BCUT2D eigenvalue weighted by Gasteiger charge is 2.26. The van der Waals surface area contributed by atoms with E-state index in [-0.39, 0.29) is 0 Å². The van der Waals surface area contributed by atoms with Gasteiger partial charge in [0, 0.05) is 28.3 Å².